The van der Waals surface area contributed by atoms with Gasteiger partial charge >= 0.3 is 0 Å². The second kappa shape index (κ2) is 6.24. The highest BCUT2D eigenvalue weighted by molar-refractivity contribution is 6.02. The van der Waals surface area contributed by atoms with Crippen LogP contribution in [0.5, 0.6) is 11.6 Å². The van der Waals surface area contributed by atoms with Crippen molar-refractivity contribution in [2.24, 2.45) is 0 Å². The van der Waals surface area contributed by atoms with Crippen LogP contribution in [0, 0.1) is 0 Å². The maximum atomic E-state index is 6.17. The molecule has 0 radical (unpaired) electrons. The van der Waals surface area contributed by atoms with Gasteiger partial charge in [0.15, 0.2) is 11.5 Å². The number of aromatic nitrogens is 3. The summed E-state index contributed by atoms with van der Waals surface area (Å²) in [5.41, 5.74) is 5.58. The summed E-state index contributed by atoms with van der Waals surface area (Å²) in [6, 6.07) is 30.2. The quantitative estimate of drug-likeness (QED) is 0.366. The fraction of sp³-hybridized carbons (Fsp3) is 0. The lowest BCUT2D eigenvalue weighted by Crippen LogP contribution is -2.04. The smallest absolute Gasteiger partial charge is 0.233 e. The van der Waals surface area contributed by atoms with E-state index in [2.05, 4.69) is 24.3 Å². The first-order valence-electron chi connectivity index (χ1n) is 9.48. The molecule has 0 amide bonds. The third kappa shape index (κ3) is 2.57. The molecular weight excluding hydrogens is 358 g/mol. The zero-order chi connectivity index (χ0) is 19.2. The van der Waals surface area contributed by atoms with E-state index in [1.807, 2.05) is 66.7 Å². The molecule has 4 nitrogen and oxygen atoms in total. The van der Waals surface area contributed by atoms with E-state index in [0.717, 1.165) is 39.1 Å². The Bertz CT molecular complexity index is 1360. The second-order valence-electron chi connectivity index (χ2n) is 6.94. The summed E-state index contributed by atoms with van der Waals surface area (Å²) < 4.78 is 6.17. The van der Waals surface area contributed by atoms with Crippen molar-refractivity contribution in [3.63, 3.8) is 0 Å². The van der Waals surface area contributed by atoms with Gasteiger partial charge in [0.2, 0.25) is 5.88 Å². The first-order valence-corrected chi connectivity index (χ1v) is 9.48. The van der Waals surface area contributed by atoms with Gasteiger partial charge in [0.25, 0.3) is 0 Å². The van der Waals surface area contributed by atoms with Crippen LogP contribution in [0.4, 0.5) is 0 Å². The summed E-state index contributed by atoms with van der Waals surface area (Å²) in [7, 11) is 0. The normalized spacial score (nSPS) is 11.7. The van der Waals surface area contributed by atoms with Crippen LogP contribution in [0.3, 0.4) is 0 Å². The molecule has 0 N–H and O–H groups in total. The molecule has 1 aliphatic heterocycles. The van der Waals surface area contributed by atoms with Crippen LogP contribution in [0.1, 0.15) is 0 Å². The molecule has 6 rings (SSSR count). The molecular formula is C25H15N3O. The molecule has 0 aliphatic carbocycles. The Morgan fingerprint density at radius 3 is 2.07 bits per heavy atom. The zero-order valence-electron chi connectivity index (χ0n) is 15.4. The minimum atomic E-state index is 0.551. The van der Waals surface area contributed by atoms with Gasteiger partial charge in [-0.25, -0.2) is 9.97 Å². The molecule has 3 aromatic carbocycles. The fourth-order valence-electron chi connectivity index (χ4n) is 3.74. The number of hydrogen-bond acceptors (Lipinski definition) is 4. The molecule has 5 aromatic rings. The fourth-order valence-corrected chi connectivity index (χ4v) is 3.74. The van der Waals surface area contributed by atoms with Crippen LogP contribution < -0.4 is 4.74 Å². The van der Waals surface area contributed by atoms with Gasteiger partial charge in [-0.3, -0.25) is 0 Å². The predicted octanol–water partition coefficient (Wildman–Crippen LogP) is 6.13. The topological polar surface area (TPSA) is 47.9 Å². The number of fused-ring (bicyclic) bond motifs is 2. The average molecular weight is 373 g/mol. The van der Waals surface area contributed by atoms with Gasteiger partial charge < -0.3 is 4.74 Å². The highest BCUT2D eigenvalue weighted by atomic mass is 16.5. The van der Waals surface area contributed by atoms with E-state index in [1.165, 1.54) is 0 Å². The van der Waals surface area contributed by atoms with E-state index >= 15 is 0 Å². The maximum Gasteiger partial charge on any atom is 0.233 e. The molecule has 136 valence electrons. The van der Waals surface area contributed by atoms with Crippen molar-refractivity contribution < 1.29 is 4.74 Å². The molecule has 0 atom stereocenters. The summed E-state index contributed by atoms with van der Waals surface area (Å²) >= 11 is 0. The molecule has 1 aliphatic rings. The Labute approximate surface area is 167 Å². The van der Waals surface area contributed by atoms with Crippen molar-refractivity contribution >= 4 is 11.0 Å². The lowest BCUT2D eigenvalue weighted by molar-refractivity contribution is 0.467. The molecule has 0 fully saturated rings. The number of hydrogen-bond donors (Lipinski definition) is 0. The Morgan fingerprint density at radius 1 is 0.586 bits per heavy atom. The van der Waals surface area contributed by atoms with Gasteiger partial charge in [-0.15, -0.1) is 0 Å². The van der Waals surface area contributed by atoms with Crippen LogP contribution in [-0.4, -0.2) is 15.0 Å². The first kappa shape index (κ1) is 16.0. The Kier molecular flexibility index (Phi) is 3.43. The Morgan fingerprint density at radius 2 is 1.28 bits per heavy atom. The number of ether oxygens (including phenoxy) is 1. The molecule has 4 heteroatoms. The van der Waals surface area contributed by atoms with E-state index in [1.54, 1.807) is 0 Å². The number of rotatable bonds is 2. The van der Waals surface area contributed by atoms with Crippen LogP contribution in [0.2, 0.25) is 0 Å². The first-order chi connectivity index (χ1) is 14.4. The van der Waals surface area contributed by atoms with Gasteiger partial charge in [0.1, 0.15) is 5.75 Å². The average Bonchev–Trinajstić information content (AvgIpc) is 2.80. The molecule has 3 heterocycles. The molecule has 29 heavy (non-hydrogen) atoms. The predicted molar refractivity (Wildman–Crippen MR) is 114 cm³/mol. The van der Waals surface area contributed by atoms with Crippen molar-refractivity contribution in [1.29, 1.82) is 0 Å². The van der Waals surface area contributed by atoms with Crippen LogP contribution in [0.15, 0.2) is 91.0 Å². The monoisotopic (exact) mass is 373 g/mol. The van der Waals surface area contributed by atoms with Crippen molar-refractivity contribution in [3.05, 3.63) is 91.0 Å². The van der Waals surface area contributed by atoms with Gasteiger partial charge in [0, 0.05) is 22.3 Å². The van der Waals surface area contributed by atoms with E-state index < -0.39 is 0 Å². The summed E-state index contributed by atoms with van der Waals surface area (Å²) in [4.78, 5) is 14.4. The molecule has 0 spiro atoms. The van der Waals surface area contributed by atoms with Crippen molar-refractivity contribution in [2.45, 2.75) is 0 Å². The lowest BCUT2D eigenvalue weighted by atomic mass is 9.97. The van der Waals surface area contributed by atoms with E-state index in [4.69, 9.17) is 19.7 Å². The van der Waals surface area contributed by atoms with Crippen LogP contribution in [0.25, 0.3) is 44.8 Å². The number of pyridine rings is 1. The minimum absolute atomic E-state index is 0.551. The number of nitrogens with zero attached hydrogens (tertiary/aromatic N) is 3. The summed E-state index contributed by atoms with van der Waals surface area (Å²) in [5.74, 6) is 1.95. The zero-order valence-corrected chi connectivity index (χ0v) is 15.4. The van der Waals surface area contributed by atoms with Crippen LogP contribution in [-0.2, 0) is 0 Å². The van der Waals surface area contributed by atoms with Crippen molar-refractivity contribution in [3.8, 4) is 45.4 Å². The Hall–Kier alpha value is -4.05. The highest BCUT2D eigenvalue weighted by Crippen LogP contribution is 2.46. The SMILES string of the molecule is c1ccc(-c2cc3c4c(nc(-c5ccccc5)nc4n2)Oc2ccccc2-3)cc1. The van der Waals surface area contributed by atoms with Gasteiger partial charge in [0.05, 0.1) is 11.1 Å². The van der Waals surface area contributed by atoms with Gasteiger partial charge in [-0.2, -0.15) is 4.98 Å². The third-order valence-corrected chi connectivity index (χ3v) is 5.12. The van der Waals surface area contributed by atoms with Gasteiger partial charge in [-0.05, 0) is 12.1 Å². The molecule has 2 aromatic heterocycles. The molecule has 0 saturated heterocycles. The maximum absolute atomic E-state index is 6.17. The van der Waals surface area contributed by atoms with Gasteiger partial charge in [-0.1, -0.05) is 78.9 Å². The number of para-hydroxylation sites is 1. The largest absolute Gasteiger partial charge is 0.437 e. The standard InChI is InChI=1S/C25H15N3O/c1-3-9-16(10-4-1)20-15-19-18-13-7-8-14-21(18)29-25-22(19)24(26-20)27-23(28-25)17-11-5-2-6-12-17/h1-15H. The van der Waals surface area contributed by atoms with Crippen molar-refractivity contribution in [1.82, 2.24) is 15.0 Å². The minimum Gasteiger partial charge on any atom is -0.437 e. The highest BCUT2D eigenvalue weighted by Gasteiger charge is 2.24. The van der Waals surface area contributed by atoms with E-state index in [-0.39, 0.29) is 0 Å². The third-order valence-electron chi connectivity index (χ3n) is 5.12. The molecule has 0 bridgehead atoms. The van der Waals surface area contributed by atoms with Crippen LogP contribution >= 0.6 is 0 Å². The molecule has 0 unspecified atom stereocenters. The lowest BCUT2D eigenvalue weighted by Gasteiger charge is -2.21. The van der Waals surface area contributed by atoms with E-state index in [9.17, 15) is 0 Å². The summed E-state index contributed by atoms with van der Waals surface area (Å²) in [6.45, 7) is 0. The summed E-state index contributed by atoms with van der Waals surface area (Å²) in [5, 5.41) is 0.850. The van der Waals surface area contributed by atoms with E-state index in [0.29, 0.717) is 17.4 Å². The molecule has 0 saturated carbocycles. The Balaban J connectivity index is 1.69. The summed E-state index contributed by atoms with van der Waals surface area (Å²) in [6.07, 6.45) is 0. The second-order valence-corrected chi connectivity index (χ2v) is 6.94. The number of benzene rings is 3. The van der Waals surface area contributed by atoms with Crippen molar-refractivity contribution in [2.75, 3.05) is 0 Å².